The molecule has 1 heterocycles. The van der Waals surface area contributed by atoms with Crippen molar-refractivity contribution in [3.8, 4) is 6.07 Å². The summed E-state index contributed by atoms with van der Waals surface area (Å²) in [4.78, 5) is 19.8. The first-order valence-corrected chi connectivity index (χ1v) is 5.54. The average Bonchev–Trinajstić information content (AvgIpc) is 2.40. The van der Waals surface area contributed by atoms with Crippen LogP contribution in [-0.2, 0) is 9.53 Å². The number of rotatable bonds is 3. The van der Waals surface area contributed by atoms with Crippen molar-refractivity contribution in [2.45, 2.75) is 12.8 Å². The van der Waals surface area contributed by atoms with E-state index in [2.05, 4.69) is 9.97 Å². The molecule has 2 rings (SSSR count). The zero-order valence-corrected chi connectivity index (χ0v) is 9.83. The van der Waals surface area contributed by atoms with Crippen LogP contribution < -0.4 is 0 Å². The number of esters is 1. The van der Waals surface area contributed by atoms with Gasteiger partial charge in [-0.3, -0.25) is 4.79 Å². The number of carbonyl (C=O) groups is 1. The number of nitriles is 1. The fraction of sp³-hybridized carbons (Fsp3) is 0.231. The van der Waals surface area contributed by atoms with E-state index in [9.17, 15) is 4.79 Å². The number of hydrogen-bond donors (Lipinski definition) is 0. The first kappa shape index (κ1) is 12.0. The highest BCUT2D eigenvalue weighted by atomic mass is 16.5. The van der Waals surface area contributed by atoms with Crippen molar-refractivity contribution < 1.29 is 9.53 Å². The summed E-state index contributed by atoms with van der Waals surface area (Å²) in [6, 6.07) is 9.25. The van der Waals surface area contributed by atoms with Gasteiger partial charge in [-0.15, -0.1) is 0 Å². The topological polar surface area (TPSA) is 75.9 Å². The molecule has 0 bridgehead atoms. The molecule has 1 atom stereocenters. The van der Waals surface area contributed by atoms with Gasteiger partial charge in [0.1, 0.15) is 0 Å². The van der Waals surface area contributed by atoms with E-state index in [1.165, 1.54) is 0 Å². The summed E-state index contributed by atoms with van der Waals surface area (Å²) in [5, 5.41) is 9.88. The van der Waals surface area contributed by atoms with Gasteiger partial charge in [-0.25, -0.2) is 9.97 Å². The first-order chi connectivity index (χ1) is 8.76. The van der Waals surface area contributed by atoms with Crippen LogP contribution >= 0.6 is 0 Å². The fourth-order valence-electron chi connectivity index (χ4n) is 1.57. The Hall–Kier alpha value is -2.48. The van der Waals surface area contributed by atoms with E-state index in [1.54, 1.807) is 19.2 Å². The zero-order valence-electron chi connectivity index (χ0n) is 9.83. The van der Waals surface area contributed by atoms with Gasteiger partial charge in [0, 0.05) is 11.6 Å². The zero-order chi connectivity index (χ0) is 13.0. The second-order valence-electron chi connectivity index (χ2n) is 3.60. The highest BCUT2D eigenvalue weighted by molar-refractivity contribution is 5.82. The maximum Gasteiger partial charge on any atom is 0.331 e. The molecule has 0 aliphatic heterocycles. The monoisotopic (exact) mass is 241 g/mol. The smallest absolute Gasteiger partial charge is 0.331 e. The molecule has 0 N–H and O–H groups in total. The third kappa shape index (κ3) is 2.28. The third-order valence-corrected chi connectivity index (χ3v) is 2.42. The van der Waals surface area contributed by atoms with E-state index in [0.717, 1.165) is 5.39 Å². The maximum atomic E-state index is 11.6. The summed E-state index contributed by atoms with van der Waals surface area (Å²) in [5.74, 6) is -1.51. The Morgan fingerprint density at radius 1 is 1.50 bits per heavy atom. The lowest BCUT2D eigenvalue weighted by Gasteiger charge is -2.07. The van der Waals surface area contributed by atoms with Crippen molar-refractivity contribution in [2.75, 3.05) is 6.61 Å². The Kier molecular flexibility index (Phi) is 3.49. The Morgan fingerprint density at radius 3 is 3.00 bits per heavy atom. The van der Waals surface area contributed by atoms with Gasteiger partial charge in [0.15, 0.2) is 5.82 Å². The SMILES string of the molecule is CCOC(=O)C(C#N)c1ncc2ccccc2n1. The molecule has 90 valence electrons. The fourth-order valence-corrected chi connectivity index (χ4v) is 1.57. The molecule has 0 aliphatic rings. The number of ether oxygens (including phenoxy) is 1. The molecule has 0 spiro atoms. The largest absolute Gasteiger partial charge is 0.465 e. The minimum Gasteiger partial charge on any atom is -0.465 e. The van der Waals surface area contributed by atoms with Crippen LogP contribution in [0.2, 0.25) is 0 Å². The molecule has 0 saturated heterocycles. The standard InChI is InChI=1S/C13H11N3O2/c1-2-18-13(17)10(7-14)12-15-8-9-5-3-4-6-11(9)16-12/h3-6,8,10H,2H2,1H3. The maximum absolute atomic E-state index is 11.6. The van der Waals surface area contributed by atoms with Gasteiger partial charge in [0.2, 0.25) is 5.92 Å². The quantitative estimate of drug-likeness (QED) is 0.766. The van der Waals surface area contributed by atoms with Crippen molar-refractivity contribution in [2.24, 2.45) is 0 Å². The van der Waals surface area contributed by atoms with Gasteiger partial charge < -0.3 is 4.74 Å². The normalized spacial score (nSPS) is 11.8. The van der Waals surface area contributed by atoms with E-state index in [0.29, 0.717) is 5.52 Å². The molecular weight excluding hydrogens is 230 g/mol. The van der Waals surface area contributed by atoms with Gasteiger partial charge in [0.05, 0.1) is 18.2 Å². The number of hydrogen-bond acceptors (Lipinski definition) is 5. The molecule has 0 radical (unpaired) electrons. The third-order valence-electron chi connectivity index (χ3n) is 2.42. The average molecular weight is 241 g/mol. The number of fused-ring (bicyclic) bond motifs is 1. The molecule has 5 nitrogen and oxygen atoms in total. The number of aromatic nitrogens is 2. The lowest BCUT2D eigenvalue weighted by molar-refractivity contribution is -0.143. The number of nitrogens with zero attached hydrogens (tertiary/aromatic N) is 3. The molecular formula is C13H11N3O2. The summed E-state index contributed by atoms with van der Waals surface area (Å²) in [6.07, 6.45) is 1.60. The first-order valence-electron chi connectivity index (χ1n) is 5.54. The van der Waals surface area contributed by atoms with Crippen LogP contribution in [0.1, 0.15) is 18.7 Å². The predicted octanol–water partition coefficient (Wildman–Crippen LogP) is 1.80. The minimum atomic E-state index is -1.07. The molecule has 0 saturated carbocycles. The van der Waals surface area contributed by atoms with Crippen LogP contribution in [-0.4, -0.2) is 22.5 Å². The van der Waals surface area contributed by atoms with Crippen LogP contribution in [0, 0.1) is 11.3 Å². The predicted molar refractivity (Wildman–Crippen MR) is 64.5 cm³/mol. The highest BCUT2D eigenvalue weighted by Gasteiger charge is 2.24. The molecule has 1 aromatic carbocycles. The summed E-state index contributed by atoms with van der Waals surface area (Å²) < 4.78 is 4.82. The van der Waals surface area contributed by atoms with Crippen LogP contribution in [0.3, 0.4) is 0 Å². The highest BCUT2D eigenvalue weighted by Crippen LogP contribution is 2.16. The molecule has 0 aliphatic carbocycles. The Morgan fingerprint density at radius 2 is 2.28 bits per heavy atom. The summed E-state index contributed by atoms with van der Waals surface area (Å²) >= 11 is 0. The molecule has 5 heteroatoms. The summed E-state index contributed by atoms with van der Waals surface area (Å²) in [6.45, 7) is 1.91. The van der Waals surface area contributed by atoms with E-state index in [1.807, 2.05) is 24.3 Å². The van der Waals surface area contributed by atoms with E-state index in [4.69, 9.17) is 10.00 Å². The van der Waals surface area contributed by atoms with Gasteiger partial charge in [0.25, 0.3) is 0 Å². The molecule has 1 aromatic heterocycles. The van der Waals surface area contributed by atoms with Gasteiger partial charge in [-0.05, 0) is 13.0 Å². The van der Waals surface area contributed by atoms with Crippen molar-refractivity contribution in [3.63, 3.8) is 0 Å². The number of carbonyl (C=O) groups excluding carboxylic acids is 1. The molecule has 0 amide bonds. The van der Waals surface area contributed by atoms with E-state index >= 15 is 0 Å². The van der Waals surface area contributed by atoms with Crippen molar-refractivity contribution in [3.05, 3.63) is 36.3 Å². The van der Waals surface area contributed by atoms with Gasteiger partial charge in [-0.2, -0.15) is 5.26 Å². The van der Waals surface area contributed by atoms with Gasteiger partial charge >= 0.3 is 5.97 Å². The Bertz CT molecular complexity index is 619. The molecule has 18 heavy (non-hydrogen) atoms. The van der Waals surface area contributed by atoms with E-state index < -0.39 is 11.9 Å². The van der Waals surface area contributed by atoms with Crippen LogP contribution in [0.25, 0.3) is 10.9 Å². The molecule has 2 aromatic rings. The van der Waals surface area contributed by atoms with Crippen LogP contribution in [0.5, 0.6) is 0 Å². The second-order valence-corrected chi connectivity index (χ2v) is 3.60. The Labute approximate surface area is 104 Å². The second kappa shape index (κ2) is 5.23. The molecule has 1 unspecified atom stereocenters. The lowest BCUT2D eigenvalue weighted by atomic mass is 10.1. The van der Waals surface area contributed by atoms with Crippen molar-refractivity contribution >= 4 is 16.9 Å². The molecule has 0 fully saturated rings. The van der Waals surface area contributed by atoms with Crippen LogP contribution in [0.4, 0.5) is 0 Å². The minimum absolute atomic E-state index is 0.176. The van der Waals surface area contributed by atoms with Crippen LogP contribution in [0.15, 0.2) is 30.5 Å². The van der Waals surface area contributed by atoms with E-state index in [-0.39, 0.29) is 12.4 Å². The Balaban J connectivity index is 2.40. The lowest BCUT2D eigenvalue weighted by Crippen LogP contribution is -2.16. The number of para-hydroxylation sites is 1. The van der Waals surface area contributed by atoms with Gasteiger partial charge in [-0.1, -0.05) is 18.2 Å². The van der Waals surface area contributed by atoms with Crippen molar-refractivity contribution in [1.29, 1.82) is 5.26 Å². The van der Waals surface area contributed by atoms with Crippen molar-refractivity contribution in [1.82, 2.24) is 9.97 Å². The summed E-state index contributed by atoms with van der Waals surface area (Å²) in [7, 11) is 0. The number of benzene rings is 1. The summed E-state index contributed by atoms with van der Waals surface area (Å²) in [5.41, 5.74) is 0.701.